The molecule has 0 aromatic heterocycles. The van der Waals surface area contributed by atoms with E-state index in [9.17, 15) is 0 Å². The monoisotopic (exact) mass is 198 g/mol. The molecule has 0 saturated heterocycles. The van der Waals surface area contributed by atoms with Crippen molar-refractivity contribution < 1.29 is 0 Å². The van der Waals surface area contributed by atoms with Gasteiger partial charge in [0.15, 0.2) is 0 Å². The Kier molecular flexibility index (Phi) is 3.24. The highest BCUT2D eigenvalue weighted by molar-refractivity contribution is 7.98. The van der Waals surface area contributed by atoms with Gasteiger partial charge in [-0.15, -0.1) is 11.8 Å². The van der Waals surface area contributed by atoms with Gasteiger partial charge in [-0.05, 0) is 42.5 Å². The number of thioether (sulfide) groups is 1. The fraction of sp³-hybridized carbons (Fsp3) is 0.200. The van der Waals surface area contributed by atoms with Crippen LogP contribution < -0.4 is 0 Å². The molecule has 1 aromatic rings. The Morgan fingerprint density at radius 2 is 2.17 bits per heavy atom. The molecular weight excluding hydrogens is 188 g/mol. The second-order valence-corrected chi connectivity index (χ2v) is 3.91. The van der Waals surface area contributed by atoms with Crippen molar-refractivity contribution >= 4 is 28.9 Å². The molecule has 64 valence electrons. The molecule has 1 aromatic carbocycles. The van der Waals surface area contributed by atoms with E-state index in [2.05, 4.69) is 12.8 Å². The summed E-state index contributed by atoms with van der Waals surface area (Å²) in [6, 6.07) is 5.88. The maximum Gasteiger partial charge on any atom is 0.0412 e. The van der Waals surface area contributed by atoms with Crippen molar-refractivity contribution in [3.8, 4) is 0 Å². The number of rotatable bonds is 2. The van der Waals surface area contributed by atoms with Gasteiger partial charge in [0, 0.05) is 9.92 Å². The zero-order valence-corrected chi connectivity index (χ0v) is 8.80. The fourth-order valence-corrected chi connectivity index (χ4v) is 1.84. The Balaban J connectivity index is 3.21. The molecule has 1 rings (SSSR count). The summed E-state index contributed by atoms with van der Waals surface area (Å²) in [6.45, 7) is 5.89. The van der Waals surface area contributed by atoms with Gasteiger partial charge in [0.25, 0.3) is 0 Å². The molecule has 12 heavy (non-hydrogen) atoms. The number of halogens is 1. The van der Waals surface area contributed by atoms with E-state index < -0.39 is 0 Å². The molecule has 0 heterocycles. The van der Waals surface area contributed by atoms with Crippen LogP contribution >= 0.6 is 23.4 Å². The van der Waals surface area contributed by atoms with E-state index in [1.54, 1.807) is 11.8 Å². The van der Waals surface area contributed by atoms with Crippen molar-refractivity contribution in [3.05, 3.63) is 35.4 Å². The van der Waals surface area contributed by atoms with E-state index in [0.717, 1.165) is 16.2 Å². The summed E-state index contributed by atoms with van der Waals surface area (Å²) >= 11 is 7.58. The Morgan fingerprint density at radius 1 is 1.50 bits per heavy atom. The van der Waals surface area contributed by atoms with Crippen LogP contribution in [0.5, 0.6) is 0 Å². The third-order valence-electron chi connectivity index (χ3n) is 1.62. The molecule has 0 bridgehead atoms. The lowest BCUT2D eigenvalue weighted by atomic mass is 10.1. The van der Waals surface area contributed by atoms with Crippen LogP contribution in [0.4, 0.5) is 0 Å². The third-order valence-corrected chi connectivity index (χ3v) is 2.65. The summed E-state index contributed by atoms with van der Waals surface area (Å²) in [7, 11) is 0. The Bertz CT molecular complexity index is 305. The maximum atomic E-state index is 5.87. The summed E-state index contributed by atoms with van der Waals surface area (Å²) in [4.78, 5) is 1.23. The molecule has 0 N–H and O–H groups in total. The van der Waals surface area contributed by atoms with Crippen LogP contribution in [0.1, 0.15) is 12.5 Å². The van der Waals surface area contributed by atoms with Gasteiger partial charge < -0.3 is 0 Å². The first-order valence-corrected chi connectivity index (χ1v) is 5.25. The maximum absolute atomic E-state index is 5.87. The van der Waals surface area contributed by atoms with E-state index in [4.69, 9.17) is 11.6 Å². The molecule has 0 spiro atoms. The molecule has 0 atom stereocenters. The lowest BCUT2D eigenvalue weighted by Gasteiger charge is -2.06. The van der Waals surface area contributed by atoms with E-state index >= 15 is 0 Å². The van der Waals surface area contributed by atoms with E-state index in [-0.39, 0.29) is 0 Å². The van der Waals surface area contributed by atoms with Gasteiger partial charge >= 0.3 is 0 Å². The first kappa shape index (κ1) is 9.69. The van der Waals surface area contributed by atoms with Crippen molar-refractivity contribution in [3.63, 3.8) is 0 Å². The van der Waals surface area contributed by atoms with Gasteiger partial charge in [-0.1, -0.05) is 18.2 Å². The Hall–Kier alpha value is -0.400. The van der Waals surface area contributed by atoms with Crippen LogP contribution in [-0.2, 0) is 0 Å². The van der Waals surface area contributed by atoms with Gasteiger partial charge in [0.2, 0.25) is 0 Å². The van der Waals surface area contributed by atoms with Gasteiger partial charge in [-0.3, -0.25) is 0 Å². The number of allylic oxidation sites excluding steroid dienone is 1. The Labute approximate surface area is 82.6 Å². The molecule has 0 radical (unpaired) electrons. The minimum absolute atomic E-state index is 0.769. The zero-order chi connectivity index (χ0) is 9.14. The number of hydrogen-bond donors (Lipinski definition) is 0. The van der Waals surface area contributed by atoms with Crippen LogP contribution in [0.2, 0.25) is 5.02 Å². The highest BCUT2D eigenvalue weighted by Gasteiger charge is 2.01. The minimum Gasteiger partial charge on any atom is -0.129 e. The highest BCUT2D eigenvalue weighted by atomic mass is 35.5. The van der Waals surface area contributed by atoms with Crippen LogP contribution in [0.25, 0.3) is 5.57 Å². The average molecular weight is 199 g/mol. The van der Waals surface area contributed by atoms with Gasteiger partial charge in [0.1, 0.15) is 0 Å². The van der Waals surface area contributed by atoms with Gasteiger partial charge in [-0.25, -0.2) is 0 Å². The van der Waals surface area contributed by atoms with Crippen molar-refractivity contribution in [1.29, 1.82) is 0 Å². The fourth-order valence-electron chi connectivity index (χ4n) is 1.01. The average Bonchev–Trinajstić information content (AvgIpc) is 2.04. The second-order valence-electron chi connectivity index (χ2n) is 2.62. The Morgan fingerprint density at radius 3 is 2.67 bits per heavy atom. The third kappa shape index (κ3) is 2.05. The standard InChI is InChI=1S/C10H11ClS/c1-7(2)9-6-8(11)4-5-10(9)12-3/h4-6H,1H2,2-3H3. The molecule has 0 unspecified atom stereocenters. The summed E-state index contributed by atoms with van der Waals surface area (Å²) in [5, 5.41) is 0.769. The molecule has 0 saturated carbocycles. The van der Waals surface area contributed by atoms with Crippen molar-refractivity contribution in [1.82, 2.24) is 0 Å². The molecule has 0 aliphatic carbocycles. The number of hydrogen-bond acceptors (Lipinski definition) is 1. The van der Waals surface area contributed by atoms with Crippen molar-refractivity contribution in [2.75, 3.05) is 6.26 Å². The molecule has 0 nitrogen and oxygen atoms in total. The van der Waals surface area contributed by atoms with Crippen LogP contribution in [0, 0.1) is 0 Å². The molecule has 0 aliphatic rings. The zero-order valence-electron chi connectivity index (χ0n) is 7.23. The van der Waals surface area contributed by atoms with Crippen molar-refractivity contribution in [2.24, 2.45) is 0 Å². The largest absolute Gasteiger partial charge is 0.129 e. The summed E-state index contributed by atoms with van der Waals surface area (Å²) in [5.74, 6) is 0. The smallest absolute Gasteiger partial charge is 0.0412 e. The molecule has 0 fully saturated rings. The highest BCUT2D eigenvalue weighted by Crippen LogP contribution is 2.28. The van der Waals surface area contributed by atoms with Gasteiger partial charge in [0.05, 0.1) is 0 Å². The normalized spacial score (nSPS) is 9.92. The SMILES string of the molecule is C=C(C)c1cc(Cl)ccc1SC. The molecule has 0 amide bonds. The lowest BCUT2D eigenvalue weighted by Crippen LogP contribution is -1.82. The van der Waals surface area contributed by atoms with Crippen LogP contribution in [-0.4, -0.2) is 6.26 Å². The first-order chi connectivity index (χ1) is 5.65. The molecular formula is C10H11ClS. The van der Waals surface area contributed by atoms with E-state index in [1.165, 1.54) is 4.90 Å². The minimum atomic E-state index is 0.769. The quantitative estimate of drug-likeness (QED) is 0.645. The topological polar surface area (TPSA) is 0 Å². The van der Waals surface area contributed by atoms with Crippen LogP contribution in [0.3, 0.4) is 0 Å². The molecule has 0 aliphatic heterocycles. The summed E-state index contributed by atoms with van der Waals surface area (Å²) in [5.41, 5.74) is 2.21. The predicted octanol–water partition coefficient (Wildman–Crippen LogP) is 4.10. The predicted molar refractivity (Wildman–Crippen MR) is 57.9 cm³/mol. The van der Waals surface area contributed by atoms with Crippen LogP contribution in [0.15, 0.2) is 29.7 Å². The van der Waals surface area contributed by atoms with Crippen molar-refractivity contribution in [2.45, 2.75) is 11.8 Å². The summed E-state index contributed by atoms with van der Waals surface area (Å²) in [6.07, 6.45) is 2.05. The molecule has 2 heteroatoms. The van der Waals surface area contributed by atoms with Gasteiger partial charge in [-0.2, -0.15) is 0 Å². The first-order valence-electron chi connectivity index (χ1n) is 3.64. The second kappa shape index (κ2) is 4.01. The van der Waals surface area contributed by atoms with E-state index in [1.807, 2.05) is 25.1 Å². The lowest BCUT2D eigenvalue weighted by molar-refractivity contribution is 1.39. The van der Waals surface area contributed by atoms with E-state index in [0.29, 0.717) is 0 Å². The number of benzene rings is 1. The summed E-state index contributed by atoms with van der Waals surface area (Å²) < 4.78 is 0.